The molecule has 0 unspecified atom stereocenters. The van der Waals surface area contributed by atoms with E-state index in [0.29, 0.717) is 12.8 Å². The predicted octanol–water partition coefficient (Wildman–Crippen LogP) is 2.11. The average Bonchev–Trinajstić information content (AvgIpc) is 2.77. The number of nitrogens with zero attached hydrogens (tertiary/aromatic N) is 3. The van der Waals surface area contributed by atoms with Gasteiger partial charge in [0.05, 0.1) is 0 Å². The number of rotatable bonds is 5. The van der Waals surface area contributed by atoms with Gasteiger partial charge in [0.15, 0.2) is 0 Å². The molecule has 2 aliphatic heterocycles. The zero-order valence-corrected chi connectivity index (χ0v) is 15.2. The number of amides is 2. The van der Waals surface area contributed by atoms with Gasteiger partial charge in [-0.2, -0.15) is 0 Å². The van der Waals surface area contributed by atoms with Crippen LogP contribution in [0.15, 0.2) is 0 Å². The van der Waals surface area contributed by atoms with Crippen molar-refractivity contribution in [1.82, 2.24) is 14.7 Å². The van der Waals surface area contributed by atoms with Crippen LogP contribution < -0.4 is 0 Å². The van der Waals surface area contributed by atoms with E-state index in [4.69, 9.17) is 0 Å². The fraction of sp³-hybridized carbons (Fsp3) is 0.895. The summed E-state index contributed by atoms with van der Waals surface area (Å²) in [5.74, 6) is 1.35. The van der Waals surface area contributed by atoms with Crippen LogP contribution in [0.3, 0.4) is 0 Å². The normalized spacial score (nSPS) is 25.3. The molecule has 0 spiro atoms. The maximum absolute atomic E-state index is 12.7. The molecule has 0 aromatic heterocycles. The molecule has 2 amide bonds. The van der Waals surface area contributed by atoms with E-state index in [1.165, 1.54) is 25.8 Å². The van der Waals surface area contributed by atoms with E-state index in [0.717, 1.165) is 57.9 Å². The summed E-state index contributed by atoms with van der Waals surface area (Å²) < 4.78 is 0. The second-order valence-electron chi connectivity index (χ2n) is 7.93. The number of likely N-dealkylation sites (tertiary alicyclic amines) is 1. The van der Waals surface area contributed by atoms with Gasteiger partial charge in [-0.1, -0.05) is 6.42 Å². The number of carbonyl (C=O) groups excluding carboxylic acids is 2. The van der Waals surface area contributed by atoms with Crippen LogP contribution in [-0.2, 0) is 9.59 Å². The molecule has 1 saturated carbocycles. The van der Waals surface area contributed by atoms with Crippen molar-refractivity contribution in [3.05, 3.63) is 0 Å². The minimum Gasteiger partial charge on any atom is -0.341 e. The van der Waals surface area contributed by atoms with Gasteiger partial charge in [-0.05, 0) is 51.5 Å². The lowest BCUT2D eigenvalue weighted by Gasteiger charge is -2.33. The van der Waals surface area contributed by atoms with Gasteiger partial charge in [0.1, 0.15) is 0 Å². The largest absolute Gasteiger partial charge is 0.341 e. The van der Waals surface area contributed by atoms with Crippen LogP contribution in [0.1, 0.15) is 58.3 Å². The van der Waals surface area contributed by atoms with E-state index in [9.17, 15) is 9.59 Å². The number of hydrogen-bond acceptors (Lipinski definition) is 3. The van der Waals surface area contributed by atoms with Crippen molar-refractivity contribution in [2.75, 3.05) is 39.3 Å². The molecule has 0 radical (unpaired) electrons. The summed E-state index contributed by atoms with van der Waals surface area (Å²) in [5.41, 5.74) is 0. The predicted molar refractivity (Wildman–Crippen MR) is 94.6 cm³/mol. The van der Waals surface area contributed by atoms with Crippen molar-refractivity contribution in [3.63, 3.8) is 0 Å². The fourth-order valence-electron chi connectivity index (χ4n) is 4.23. The number of hydrogen-bond donors (Lipinski definition) is 0. The van der Waals surface area contributed by atoms with E-state index in [-0.39, 0.29) is 17.9 Å². The smallest absolute Gasteiger partial charge is 0.224 e. The lowest BCUT2D eigenvalue weighted by molar-refractivity contribution is -0.138. The Morgan fingerprint density at radius 3 is 2.58 bits per heavy atom. The first kappa shape index (κ1) is 17.7. The van der Waals surface area contributed by atoms with Gasteiger partial charge in [0.25, 0.3) is 0 Å². The fourth-order valence-corrected chi connectivity index (χ4v) is 4.23. The summed E-state index contributed by atoms with van der Waals surface area (Å²) >= 11 is 0. The van der Waals surface area contributed by atoms with E-state index < -0.39 is 0 Å². The third-order valence-electron chi connectivity index (χ3n) is 6.04. The monoisotopic (exact) mass is 335 g/mol. The maximum atomic E-state index is 12.7. The van der Waals surface area contributed by atoms with Gasteiger partial charge in [-0.25, -0.2) is 0 Å². The maximum Gasteiger partial charge on any atom is 0.224 e. The van der Waals surface area contributed by atoms with Gasteiger partial charge in [-0.15, -0.1) is 0 Å². The topological polar surface area (TPSA) is 43.9 Å². The summed E-state index contributed by atoms with van der Waals surface area (Å²) in [6, 6.07) is 0.0413. The second-order valence-corrected chi connectivity index (χ2v) is 7.93. The Bertz CT molecular complexity index is 450. The molecule has 136 valence electrons. The Kier molecular flexibility index (Phi) is 6.14. The standard InChI is InChI=1S/C19H33N3O2/c1-16(22-11-3-2-8-18(22)23)14-19(24)21-10-5-9-20(12-13-21)15-17-6-4-7-17/h16-17H,2-15H2,1H3/t16-/m0/s1. The van der Waals surface area contributed by atoms with Crippen LogP contribution in [0.2, 0.25) is 0 Å². The Hall–Kier alpha value is -1.10. The third-order valence-corrected chi connectivity index (χ3v) is 6.04. The Morgan fingerprint density at radius 1 is 1.04 bits per heavy atom. The third kappa shape index (κ3) is 4.50. The molecular weight excluding hydrogens is 302 g/mol. The lowest BCUT2D eigenvalue weighted by Crippen LogP contribution is -2.45. The van der Waals surface area contributed by atoms with Crippen LogP contribution in [0.4, 0.5) is 0 Å². The van der Waals surface area contributed by atoms with Gasteiger partial charge < -0.3 is 14.7 Å². The highest BCUT2D eigenvalue weighted by Crippen LogP contribution is 2.27. The van der Waals surface area contributed by atoms with E-state index in [1.807, 2.05) is 16.7 Å². The molecule has 0 bridgehead atoms. The Morgan fingerprint density at radius 2 is 1.88 bits per heavy atom. The first-order valence-electron chi connectivity index (χ1n) is 9.93. The molecule has 5 heteroatoms. The van der Waals surface area contributed by atoms with Gasteiger partial charge >= 0.3 is 0 Å². The Labute approximate surface area is 146 Å². The first-order chi connectivity index (χ1) is 11.6. The molecule has 0 aromatic rings. The van der Waals surface area contributed by atoms with Crippen LogP contribution in [0.25, 0.3) is 0 Å². The molecule has 24 heavy (non-hydrogen) atoms. The summed E-state index contributed by atoms with van der Waals surface area (Å²) in [6.45, 7) is 7.94. The molecule has 0 N–H and O–H groups in total. The number of carbonyl (C=O) groups is 2. The number of piperidine rings is 1. The van der Waals surface area contributed by atoms with Gasteiger partial charge in [0.2, 0.25) is 11.8 Å². The van der Waals surface area contributed by atoms with Crippen molar-refractivity contribution in [2.45, 2.75) is 64.3 Å². The highest BCUT2D eigenvalue weighted by Gasteiger charge is 2.28. The van der Waals surface area contributed by atoms with Crippen molar-refractivity contribution >= 4 is 11.8 Å². The Balaban J connectivity index is 1.44. The van der Waals surface area contributed by atoms with Crippen LogP contribution in [0, 0.1) is 5.92 Å². The molecule has 2 heterocycles. The van der Waals surface area contributed by atoms with Crippen molar-refractivity contribution in [1.29, 1.82) is 0 Å². The van der Waals surface area contributed by atoms with Crippen LogP contribution in [0.5, 0.6) is 0 Å². The van der Waals surface area contributed by atoms with Crippen molar-refractivity contribution < 1.29 is 9.59 Å². The van der Waals surface area contributed by atoms with Gasteiger partial charge in [0, 0.05) is 51.6 Å². The van der Waals surface area contributed by atoms with Gasteiger partial charge in [-0.3, -0.25) is 9.59 Å². The molecular formula is C19H33N3O2. The minimum atomic E-state index is 0.0413. The van der Waals surface area contributed by atoms with Crippen LogP contribution >= 0.6 is 0 Å². The summed E-state index contributed by atoms with van der Waals surface area (Å²) in [6.07, 6.45) is 8.46. The molecule has 3 rings (SSSR count). The quantitative estimate of drug-likeness (QED) is 0.773. The summed E-state index contributed by atoms with van der Waals surface area (Å²) in [5, 5.41) is 0. The zero-order valence-electron chi connectivity index (χ0n) is 15.2. The molecule has 1 aliphatic carbocycles. The van der Waals surface area contributed by atoms with Crippen molar-refractivity contribution in [3.8, 4) is 0 Å². The molecule has 1 atom stereocenters. The second kappa shape index (κ2) is 8.32. The molecule has 5 nitrogen and oxygen atoms in total. The zero-order chi connectivity index (χ0) is 16.9. The molecule has 0 aromatic carbocycles. The molecule has 3 aliphatic rings. The molecule has 3 fully saturated rings. The van der Waals surface area contributed by atoms with E-state index in [1.54, 1.807) is 0 Å². The summed E-state index contributed by atoms with van der Waals surface area (Å²) in [4.78, 5) is 31.2. The highest BCUT2D eigenvalue weighted by atomic mass is 16.2. The SMILES string of the molecule is C[C@@H](CC(=O)N1CCCN(CC2CCC2)CC1)N1CCCCC1=O. The lowest BCUT2D eigenvalue weighted by atomic mass is 9.85. The van der Waals surface area contributed by atoms with E-state index >= 15 is 0 Å². The average molecular weight is 335 g/mol. The minimum absolute atomic E-state index is 0.0413. The van der Waals surface area contributed by atoms with Crippen molar-refractivity contribution in [2.24, 2.45) is 5.92 Å². The first-order valence-corrected chi connectivity index (χ1v) is 9.93. The van der Waals surface area contributed by atoms with Crippen LogP contribution in [-0.4, -0.2) is 71.8 Å². The van der Waals surface area contributed by atoms with E-state index in [2.05, 4.69) is 4.90 Å². The summed E-state index contributed by atoms with van der Waals surface area (Å²) in [7, 11) is 0. The highest BCUT2D eigenvalue weighted by molar-refractivity contribution is 5.80. The molecule has 2 saturated heterocycles.